The number of hydrogen-bond donors (Lipinski definition) is 2. The maximum atomic E-state index is 12.1. The number of fused-ring (bicyclic) bond motifs is 2. The minimum Gasteiger partial charge on any atom is -0.492 e. The van der Waals surface area contributed by atoms with Crippen LogP contribution in [0.4, 0.5) is 5.82 Å². The van der Waals surface area contributed by atoms with Gasteiger partial charge in [0.1, 0.15) is 5.75 Å². The predicted octanol–water partition coefficient (Wildman–Crippen LogP) is 2.36. The number of H-pyrrole nitrogens is 1. The highest BCUT2D eigenvalue weighted by Crippen LogP contribution is 2.75. The summed E-state index contributed by atoms with van der Waals surface area (Å²) in [5, 5.41) is 10.1. The number of nitrogens with zero attached hydrogens (tertiary/aromatic N) is 1. The van der Waals surface area contributed by atoms with Gasteiger partial charge in [0.2, 0.25) is 5.91 Å². The molecular weight excluding hydrogens is 266 g/mol. The first kappa shape index (κ1) is 11.4. The summed E-state index contributed by atoms with van der Waals surface area (Å²) in [5.74, 6) is 2.29. The number of carbonyl (C=O) groups excluding carboxylic acids is 1. The standard InChI is InChI=1S/C16H15N3O2/c20-15(16-7-10(16)8-16)17-13-6-12(18-19-13)11-3-1-2-9-4-5-21-14(9)11/h1-3,6,10H,4-5,7-8H2,(H2,17,18,19,20). The highest BCUT2D eigenvalue weighted by Gasteiger charge is 2.74. The van der Waals surface area contributed by atoms with Gasteiger partial charge < -0.3 is 10.1 Å². The first-order chi connectivity index (χ1) is 10.3. The van der Waals surface area contributed by atoms with E-state index in [1.54, 1.807) is 0 Å². The average molecular weight is 281 g/mol. The van der Waals surface area contributed by atoms with Crippen LogP contribution in [0.2, 0.25) is 0 Å². The molecule has 0 bridgehead atoms. The van der Waals surface area contributed by atoms with Crippen molar-refractivity contribution in [2.24, 2.45) is 11.3 Å². The van der Waals surface area contributed by atoms with E-state index in [4.69, 9.17) is 4.74 Å². The zero-order chi connectivity index (χ0) is 14.0. The van der Waals surface area contributed by atoms with Crippen LogP contribution in [0.15, 0.2) is 24.3 Å². The lowest BCUT2D eigenvalue weighted by Gasteiger charge is -2.05. The van der Waals surface area contributed by atoms with Crippen LogP contribution in [-0.4, -0.2) is 22.7 Å². The Morgan fingerprint density at radius 2 is 2.29 bits per heavy atom. The molecule has 0 unspecified atom stereocenters. The van der Waals surface area contributed by atoms with Crippen LogP contribution in [0.5, 0.6) is 5.75 Å². The van der Waals surface area contributed by atoms with Crippen LogP contribution >= 0.6 is 0 Å². The quantitative estimate of drug-likeness (QED) is 0.907. The number of ether oxygens (including phenoxy) is 1. The Balaban J connectivity index is 1.43. The van der Waals surface area contributed by atoms with Crippen molar-refractivity contribution in [1.82, 2.24) is 10.2 Å². The third-order valence-corrected chi connectivity index (χ3v) is 4.96. The molecule has 5 rings (SSSR count). The molecule has 0 spiro atoms. The SMILES string of the molecule is O=C(Nc1cc(-c2cccc3c2OCC3)[nH]n1)C12CC1C2. The summed E-state index contributed by atoms with van der Waals surface area (Å²) < 4.78 is 5.71. The molecule has 2 aromatic rings. The number of benzene rings is 1. The summed E-state index contributed by atoms with van der Waals surface area (Å²) in [6.07, 6.45) is 3.05. The Labute approximate surface area is 121 Å². The number of aromatic nitrogens is 2. The zero-order valence-corrected chi connectivity index (χ0v) is 11.5. The van der Waals surface area contributed by atoms with Crippen molar-refractivity contribution < 1.29 is 9.53 Å². The number of rotatable bonds is 3. The van der Waals surface area contributed by atoms with Crippen LogP contribution in [0.25, 0.3) is 11.3 Å². The number of para-hydroxylation sites is 1. The molecule has 106 valence electrons. The van der Waals surface area contributed by atoms with E-state index in [1.807, 2.05) is 18.2 Å². The maximum absolute atomic E-state index is 12.1. The van der Waals surface area contributed by atoms with Gasteiger partial charge in [0.25, 0.3) is 0 Å². The maximum Gasteiger partial charge on any atom is 0.232 e. The van der Waals surface area contributed by atoms with Crippen molar-refractivity contribution in [3.63, 3.8) is 0 Å². The summed E-state index contributed by atoms with van der Waals surface area (Å²) in [6.45, 7) is 0.730. The summed E-state index contributed by atoms with van der Waals surface area (Å²) in [4.78, 5) is 12.1. The average Bonchev–Trinajstić information content (AvgIpc) is 3.18. The smallest absolute Gasteiger partial charge is 0.232 e. The fourth-order valence-corrected chi connectivity index (χ4v) is 3.26. The Hall–Kier alpha value is -2.30. The van der Waals surface area contributed by atoms with Crippen molar-refractivity contribution in [1.29, 1.82) is 0 Å². The van der Waals surface area contributed by atoms with Crippen molar-refractivity contribution >= 4 is 11.7 Å². The lowest BCUT2D eigenvalue weighted by atomic mass is 10.1. The molecule has 1 amide bonds. The Morgan fingerprint density at radius 3 is 3.10 bits per heavy atom. The van der Waals surface area contributed by atoms with Crippen LogP contribution in [0.1, 0.15) is 18.4 Å². The molecule has 0 saturated heterocycles. The van der Waals surface area contributed by atoms with Gasteiger partial charge in [-0.1, -0.05) is 12.1 Å². The zero-order valence-electron chi connectivity index (χ0n) is 11.5. The number of nitrogens with one attached hydrogen (secondary N) is 2. The molecule has 21 heavy (non-hydrogen) atoms. The number of amides is 1. The molecule has 1 aromatic carbocycles. The van der Waals surface area contributed by atoms with Gasteiger partial charge in [-0.3, -0.25) is 9.89 Å². The summed E-state index contributed by atoms with van der Waals surface area (Å²) in [6, 6.07) is 8.01. The van der Waals surface area contributed by atoms with Gasteiger partial charge in [-0.05, 0) is 30.4 Å². The number of anilines is 1. The Bertz CT molecular complexity index is 759. The minimum atomic E-state index is -0.0315. The predicted molar refractivity (Wildman–Crippen MR) is 77.0 cm³/mol. The Morgan fingerprint density at radius 1 is 1.43 bits per heavy atom. The lowest BCUT2D eigenvalue weighted by Crippen LogP contribution is -2.18. The molecule has 0 radical (unpaired) electrons. The molecule has 5 nitrogen and oxygen atoms in total. The van der Waals surface area contributed by atoms with Gasteiger partial charge >= 0.3 is 0 Å². The van der Waals surface area contributed by atoms with Gasteiger partial charge in [-0.2, -0.15) is 5.10 Å². The molecular formula is C16H15N3O2. The first-order valence-corrected chi connectivity index (χ1v) is 7.38. The van der Waals surface area contributed by atoms with E-state index in [1.165, 1.54) is 5.56 Å². The van der Waals surface area contributed by atoms with E-state index < -0.39 is 0 Å². The summed E-state index contributed by atoms with van der Waals surface area (Å²) in [5.41, 5.74) is 3.08. The molecule has 2 saturated carbocycles. The Kier molecular flexibility index (Phi) is 1.98. The normalized spacial score (nSPS) is 27.5. The molecule has 0 atom stereocenters. The van der Waals surface area contributed by atoms with Gasteiger partial charge in [0, 0.05) is 18.1 Å². The van der Waals surface area contributed by atoms with Crippen LogP contribution < -0.4 is 10.1 Å². The number of aromatic amines is 1. The largest absolute Gasteiger partial charge is 0.492 e. The third kappa shape index (κ3) is 1.57. The van der Waals surface area contributed by atoms with E-state index in [-0.39, 0.29) is 11.3 Å². The fourth-order valence-electron chi connectivity index (χ4n) is 3.26. The number of hydrogen-bond acceptors (Lipinski definition) is 3. The van der Waals surface area contributed by atoms with Gasteiger partial charge in [-0.15, -0.1) is 0 Å². The molecule has 1 aliphatic heterocycles. The number of carbonyl (C=O) groups is 1. The second kappa shape index (κ2) is 3.67. The molecule has 3 aliphatic rings. The van der Waals surface area contributed by atoms with Crippen LogP contribution in [0.3, 0.4) is 0 Å². The van der Waals surface area contributed by atoms with Gasteiger partial charge in [0.15, 0.2) is 5.82 Å². The second-order valence-corrected chi connectivity index (χ2v) is 6.27. The molecule has 2 fully saturated rings. The van der Waals surface area contributed by atoms with Crippen molar-refractivity contribution in [3.05, 3.63) is 29.8 Å². The van der Waals surface area contributed by atoms with E-state index in [2.05, 4.69) is 21.6 Å². The van der Waals surface area contributed by atoms with Crippen LogP contribution in [-0.2, 0) is 11.2 Å². The van der Waals surface area contributed by atoms with Crippen LogP contribution in [0, 0.1) is 11.3 Å². The highest BCUT2D eigenvalue weighted by atomic mass is 16.5. The molecule has 5 heteroatoms. The van der Waals surface area contributed by atoms with E-state index in [0.717, 1.165) is 42.9 Å². The van der Waals surface area contributed by atoms with Crippen molar-refractivity contribution in [2.45, 2.75) is 19.3 Å². The topological polar surface area (TPSA) is 67.0 Å². The minimum absolute atomic E-state index is 0.0315. The third-order valence-electron chi connectivity index (χ3n) is 4.96. The highest BCUT2D eigenvalue weighted by molar-refractivity contribution is 6.00. The van der Waals surface area contributed by atoms with E-state index >= 15 is 0 Å². The van der Waals surface area contributed by atoms with Gasteiger partial charge in [0.05, 0.1) is 17.7 Å². The first-order valence-electron chi connectivity index (χ1n) is 7.38. The summed E-state index contributed by atoms with van der Waals surface area (Å²) in [7, 11) is 0. The molecule has 1 aromatic heterocycles. The monoisotopic (exact) mass is 281 g/mol. The van der Waals surface area contributed by atoms with Gasteiger partial charge in [-0.25, -0.2) is 0 Å². The molecule has 2 heterocycles. The fraction of sp³-hybridized carbons (Fsp3) is 0.375. The van der Waals surface area contributed by atoms with E-state index in [0.29, 0.717) is 11.7 Å². The molecule has 2 aliphatic carbocycles. The van der Waals surface area contributed by atoms with E-state index in [9.17, 15) is 4.79 Å². The summed E-state index contributed by atoms with van der Waals surface area (Å²) >= 11 is 0. The second-order valence-electron chi connectivity index (χ2n) is 6.27. The molecule has 2 N–H and O–H groups in total. The van der Waals surface area contributed by atoms with Crippen molar-refractivity contribution in [3.8, 4) is 17.0 Å². The lowest BCUT2D eigenvalue weighted by molar-refractivity contribution is -0.119. The van der Waals surface area contributed by atoms with Crippen molar-refractivity contribution in [2.75, 3.05) is 11.9 Å².